The Bertz CT molecular complexity index is 672. The fraction of sp³-hybridized carbons (Fsp3) is 0.286. The number of anilines is 1. The third-order valence-corrected chi connectivity index (χ3v) is 3.91. The van der Waals surface area contributed by atoms with Crippen LogP contribution in [0.1, 0.15) is 12.5 Å². The molecule has 98 valence electrons. The average molecular weight is 272 g/mol. The van der Waals surface area contributed by atoms with E-state index in [0.29, 0.717) is 6.04 Å². The molecule has 2 heterocycles. The summed E-state index contributed by atoms with van der Waals surface area (Å²) < 4.78 is 3.30. The van der Waals surface area contributed by atoms with Gasteiger partial charge in [-0.3, -0.25) is 0 Å². The number of aromatic nitrogens is 3. The third kappa shape index (κ3) is 2.76. The summed E-state index contributed by atoms with van der Waals surface area (Å²) in [7, 11) is 0. The second kappa shape index (κ2) is 5.01. The number of fused-ring (bicyclic) bond motifs is 1. The Morgan fingerprint density at radius 1 is 1.42 bits per heavy atom. The van der Waals surface area contributed by atoms with E-state index in [-0.39, 0.29) is 0 Å². The van der Waals surface area contributed by atoms with Crippen LogP contribution in [-0.2, 0) is 6.54 Å². The summed E-state index contributed by atoms with van der Waals surface area (Å²) in [5.74, 6) is 0. The zero-order valence-corrected chi connectivity index (χ0v) is 11.8. The third-order valence-electron chi connectivity index (χ3n) is 2.96. The highest BCUT2D eigenvalue weighted by Crippen LogP contribution is 2.27. The maximum Gasteiger partial charge on any atom is 0.184 e. The number of rotatable bonds is 4. The minimum Gasteiger partial charge on any atom is -0.357 e. The van der Waals surface area contributed by atoms with Crippen molar-refractivity contribution >= 4 is 26.7 Å². The Morgan fingerprint density at radius 2 is 2.32 bits per heavy atom. The van der Waals surface area contributed by atoms with Gasteiger partial charge in [-0.15, -0.1) is 0 Å². The van der Waals surface area contributed by atoms with E-state index >= 15 is 0 Å². The first-order chi connectivity index (χ1) is 9.20. The highest BCUT2D eigenvalue weighted by molar-refractivity contribution is 7.22. The first-order valence-electron chi connectivity index (χ1n) is 6.30. The number of nitrogens with one attached hydrogen (secondary N) is 1. The van der Waals surface area contributed by atoms with E-state index in [1.807, 2.05) is 12.5 Å². The zero-order valence-electron chi connectivity index (χ0n) is 11.0. The van der Waals surface area contributed by atoms with Crippen LogP contribution >= 0.6 is 11.3 Å². The van der Waals surface area contributed by atoms with Crippen LogP contribution in [0.25, 0.3) is 10.2 Å². The lowest BCUT2D eigenvalue weighted by atomic mass is 10.2. The first kappa shape index (κ1) is 12.2. The van der Waals surface area contributed by atoms with Gasteiger partial charge in [0.2, 0.25) is 0 Å². The number of imidazole rings is 1. The van der Waals surface area contributed by atoms with Crippen molar-refractivity contribution in [2.24, 2.45) is 0 Å². The van der Waals surface area contributed by atoms with Crippen LogP contribution in [0, 0.1) is 6.92 Å². The number of hydrogen-bond donors (Lipinski definition) is 1. The molecule has 0 aliphatic carbocycles. The molecule has 2 aromatic heterocycles. The molecule has 1 unspecified atom stereocenters. The van der Waals surface area contributed by atoms with Crippen molar-refractivity contribution in [2.45, 2.75) is 26.4 Å². The van der Waals surface area contributed by atoms with Gasteiger partial charge in [-0.2, -0.15) is 0 Å². The second-order valence-corrected chi connectivity index (χ2v) is 5.83. The number of nitrogens with zero attached hydrogens (tertiary/aromatic N) is 3. The molecular weight excluding hydrogens is 256 g/mol. The lowest BCUT2D eigenvalue weighted by Crippen LogP contribution is -2.21. The van der Waals surface area contributed by atoms with Gasteiger partial charge in [0.05, 0.1) is 16.5 Å². The van der Waals surface area contributed by atoms with E-state index in [1.165, 1.54) is 10.3 Å². The monoisotopic (exact) mass is 272 g/mol. The number of benzene rings is 1. The van der Waals surface area contributed by atoms with E-state index in [9.17, 15) is 0 Å². The number of thiazole rings is 1. The Hall–Kier alpha value is -1.88. The van der Waals surface area contributed by atoms with Gasteiger partial charge in [0, 0.05) is 25.0 Å². The first-order valence-corrected chi connectivity index (χ1v) is 7.12. The zero-order chi connectivity index (χ0) is 13.2. The van der Waals surface area contributed by atoms with Gasteiger partial charge in [0.15, 0.2) is 5.13 Å². The average Bonchev–Trinajstić information content (AvgIpc) is 2.97. The Balaban J connectivity index is 1.74. The molecule has 0 saturated heterocycles. The Labute approximate surface area is 116 Å². The Morgan fingerprint density at radius 3 is 3.11 bits per heavy atom. The normalized spacial score (nSPS) is 12.7. The minimum absolute atomic E-state index is 0.316. The fourth-order valence-corrected chi connectivity index (χ4v) is 3.14. The molecule has 4 nitrogen and oxygen atoms in total. The molecular formula is C14H16N4S. The molecule has 3 aromatic rings. The summed E-state index contributed by atoms with van der Waals surface area (Å²) in [6.07, 6.45) is 5.60. The molecule has 0 aliphatic rings. The molecule has 0 fully saturated rings. The summed E-state index contributed by atoms with van der Waals surface area (Å²) in [5.41, 5.74) is 2.34. The summed E-state index contributed by atoms with van der Waals surface area (Å²) in [6.45, 7) is 5.14. The lowest BCUT2D eigenvalue weighted by molar-refractivity contribution is 0.618. The van der Waals surface area contributed by atoms with Crippen LogP contribution in [-0.4, -0.2) is 20.6 Å². The molecule has 0 radical (unpaired) electrons. The second-order valence-electron chi connectivity index (χ2n) is 4.80. The molecule has 0 aliphatic heterocycles. The van der Waals surface area contributed by atoms with E-state index in [1.54, 1.807) is 17.5 Å². The van der Waals surface area contributed by atoms with E-state index in [4.69, 9.17) is 0 Å². The highest BCUT2D eigenvalue weighted by atomic mass is 32.1. The largest absolute Gasteiger partial charge is 0.357 e. The molecule has 5 heteroatoms. The maximum atomic E-state index is 4.61. The van der Waals surface area contributed by atoms with Crippen molar-refractivity contribution in [3.05, 3.63) is 42.5 Å². The topological polar surface area (TPSA) is 42.7 Å². The molecule has 1 atom stereocenters. The SMILES string of the molecule is Cc1ccc2nc(NC(C)Cn3ccnc3)sc2c1. The molecule has 0 bridgehead atoms. The van der Waals surface area contributed by atoms with Crippen molar-refractivity contribution in [3.63, 3.8) is 0 Å². The van der Waals surface area contributed by atoms with Gasteiger partial charge in [-0.25, -0.2) is 9.97 Å². The van der Waals surface area contributed by atoms with Crippen molar-refractivity contribution < 1.29 is 0 Å². The fourth-order valence-electron chi connectivity index (χ4n) is 2.06. The van der Waals surface area contributed by atoms with Crippen LogP contribution < -0.4 is 5.32 Å². The van der Waals surface area contributed by atoms with Crippen molar-refractivity contribution in [3.8, 4) is 0 Å². The summed E-state index contributed by atoms with van der Waals surface area (Å²) >= 11 is 1.71. The smallest absolute Gasteiger partial charge is 0.184 e. The van der Waals surface area contributed by atoms with Gasteiger partial charge >= 0.3 is 0 Å². The van der Waals surface area contributed by atoms with Gasteiger partial charge in [-0.1, -0.05) is 17.4 Å². The van der Waals surface area contributed by atoms with Crippen molar-refractivity contribution in [2.75, 3.05) is 5.32 Å². The lowest BCUT2D eigenvalue weighted by Gasteiger charge is -2.12. The van der Waals surface area contributed by atoms with Crippen LogP contribution in [0.3, 0.4) is 0 Å². The molecule has 19 heavy (non-hydrogen) atoms. The number of hydrogen-bond acceptors (Lipinski definition) is 4. The molecule has 0 amide bonds. The summed E-state index contributed by atoms with van der Waals surface area (Å²) in [4.78, 5) is 8.65. The van der Waals surface area contributed by atoms with E-state index < -0.39 is 0 Å². The van der Waals surface area contributed by atoms with Gasteiger partial charge in [-0.05, 0) is 31.5 Å². The van der Waals surface area contributed by atoms with Crippen molar-refractivity contribution in [1.82, 2.24) is 14.5 Å². The van der Waals surface area contributed by atoms with E-state index in [0.717, 1.165) is 17.2 Å². The van der Waals surface area contributed by atoms with Gasteiger partial charge in [0.25, 0.3) is 0 Å². The van der Waals surface area contributed by atoms with Crippen LogP contribution in [0.4, 0.5) is 5.13 Å². The van der Waals surface area contributed by atoms with Crippen LogP contribution in [0.15, 0.2) is 36.9 Å². The predicted molar refractivity (Wildman–Crippen MR) is 79.7 cm³/mol. The van der Waals surface area contributed by atoms with Crippen molar-refractivity contribution in [1.29, 1.82) is 0 Å². The standard InChI is InChI=1S/C14H16N4S/c1-10-3-4-12-13(7-10)19-14(17-12)16-11(2)8-18-6-5-15-9-18/h3-7,9,11H,8H2,1-2H3,(H,16,17). The molecule has 0 spiro atoms. The van der Waals surface area contributed by atoms with E-state index in [2.05, 4.69) is 51.9 Å². The molecule has 3 rings (SSSR count). The van der Waals surface area contributed by atoms with Crippen LogP contribution in [0.2, 0.25) is 0 Å². The summed E-state index contributed by atoms with van der Waals surface area (Å²) in [6, 6.07) is 6.67. The van der Waals surface area contributed by atoms with Gasteiger partial charge in [0.1, 0.15) is 0 Å². The summed E-state index contributed by atoms with van der Waals surface area (Å²) in [5, 5.41) is 4.43. The highest BCUT2D eigenvalue weighted by Gasteiger charge is 2.07. The number of aryl methyl sites for hydroxylation is 1. The Kier molecular flexibility index (Phi) is 3.21. The quantitative estimate of drug-likeness (QED) is 0.792. The predicted octanol–water partition coefficient (Wildman–Crippen LogP) is 3.30. The maximum absolute atomic E-state index is 4.61. The molecule has 1 N–H and O–H groups in total. The molecule has 0 saturated carbocycles. The van der Waals surface area contributed by atoms with Gasteiger partial charge < -0.3 is 9.88 Å². The molecule has 1 aromatic carbocycles. The minimum atomic E-state index is 0.316. The van der Waals surface area contributed by atoms with Crippen LogP contribution in [0.5, 0.6) is 0 Å².